The fourth-order valence-electron chi connectivity index (χ4n) is 5.12. The van der Waals surface area contributed by atoms with Crippen molar-refractivity contribution in [2.75, 3.05) is 20.2 Å². The third-order valence-electron chi connectivity index (χ3n) is 7.22. The van der Waals surface area contributed by atoms with E-state index in [0.717, 1.165) is 12.8 Å². The van der Waals surface area contributed by atoms with Crippen molar-refractivity contribution in [3.63, 3.8) is 0 Å². The van der Waals surface area contributed by atoms with Crippen molar-refractivity contribution in [1.82, 2.24) is 4.90 Å². The van der Waals surface area contributed by atoms with Crippen LogP contribution in [-0.2, 0) is 14.9 Å². The Balaban J connectivity index is 1.50. The smallest absolute Gasteiger partial charge is 0.233 e. The number of methoxy groups -OCH3 is 1. The van der Waals surface area contributed by atoms with Crippen LogP contribution in [-0.4, -0.2) is 47.8 Å². The number of aliphatic hydroxyl groups is 1. The number of hydrogen-bond acceptors (Lipinski definition) is 3. The second-order valence-electron chi connectivity index (χ2n) is 8.17. The Morgan fingerprint density at radius 3 is 2.40 bits per heavy atom. The number of carbonyl (C=O) groups excluding carboxylic acids is 1. The van der Waals surface area contributed by atoms with Gasteiger partial charge in [-0.3, -0.25) is 4.79 Å². The molecule has 1 aromatic rings. The van der Waals surface area contributed by atoms with Gasteiger partial charge >= 0.3 is 0 Å². The molecule has 0 bridgehead atoms. The van der Waals surface area contributed by atoms with Gasteiger partial charge in [-0.15, -0.1) is 0 Å². The monoisotopic (exact) mass is 347 g/mol. The van der Waals surface area contributed by atoms with Crippen LogP contribution in [0, 0.1) is 11.2 Å². The van der Waals surface area contributed by atoms with Crippen LogP contribution in [0.1, 0.15) is 44.6 Å². The second kappa shape index (κ2) is 5.52. The van der Waals surface area contributed by atoms with Gasteiger partial charge in [0.05, 0.1) is 17.1 Å². The maximum atomic E-state index is 14.2. The first kappa shape index (κ1) is 17.0. The average molecular weight is 347 g/mol. The number of ether oxygens (including phenoxy) is 1. The van der Waals surface area contributed by atoms with Crippen LogP contribution in [0.25, 0.3) is 0 Å². The van der Waals surface area contributed by atoms with E-state index in [0.29, 0.717) is 37.9 Å². The first-order chi connectivity index (χ1) is 11.9. The summed E-state index contributed by atoms with van der Waals surface area (Å²) in [5, 5.41) is 10.4. The first-order valence-corrected chi connectivity index (χ1v) is 9.16. The quantitative estimate of drug-likeness (QED) is 0.914. The molecule has 3 fully saturated rings. The highest BCUT2D eigenvalue weighted by atomic mass is 19.1. The van der Waals surface area contributed by atoms with Gasteiger partial charge in [0.15, 0.2) is 0 Å². The zero-order valence-electron chi connectivity index (χ0n) is 14.9. The molecule has 0 aromatic heterocycles. The van der Waals surface area contributed by atoms with E-state index in [2.05, 4.69) is 6.92 Å². The summed E-state index contributed by atoms with van der Waals surface area (Å²) in [5.41, 5.74) is -0.707. The van der Waals surface area contributed by atoms with Crippen LogP contribution in [0.15, 0.2) is 24.3 Å². The van der Waals surface area contributed by atoms with Gasteiger partial charge in [-0.25, -0.2) is 4.39 Å². The van der Waals surface area contributed by atoms with Gasteiger partial charge in [-0.1, -0.05) is 18.2 Å². The lowest BCUT2D eigenvalue weighted by Crippen LogP contribution is -2.69. The average Bonchev–Trinajstić information content (AvgIpc) is 3.43. The van der Waals surface area contributed by atoms with Crippen molar-refractivity contribution in [1.29, 1.82) is 0 Å². The number of carbonyl (C=O) groups is 1. The SMILES string of the molecule is CO[C@@]1(C)C[C@@H](O)C12CCN(C(=O)C1(c3ccccc3F)CC1)CC2. The van der Waals surface area contributed by atoms with Crippen LogP contribution < -0.4 is 0 Å². The second-order valence-corrected chi connectivity index (χ2v) is 8.17. The molecule has 1 aromatic carbocycles. The summed E-state index contributed by atoms with van der Waals surface area (Å²) in [4.78, 5) is 15.0. The van der Waals surface area contributed by atoms with Crippen LogP contribution in [0.2, 0.25) is 0 Å². The molecule has 136 valence electrons. The molecule has 2 atom stereocenters. The Hall–Kier alpha value is -1.46. The van der Waals surface area contributed by atoms with Crippen molar-refractivity contribution in [2.45, 2.75) is 56.1 Å². The Kier molecular flexibility index (Phi) is 3.75. The van der Waals surface area contributed by atoms with Gasteiger partial charge in [0.25, 0.3) is 0 Å². The van der Waals surface area contributed by atoms with Gasteiger partial charge in [-0.05, 0) is 38.7 Å². The molecule has 0 unspecified atom stereocenters. The molecular weight excluding hydrogens is 321 g/mol. The predicted octanol–water partition coefficient (Wildman–Crippen LogP) is 2.64. The number of likely N-dealkylation sites (tertiary alicyclic amines) is 1. The molecule has 4 nitrogen and oxygen atoms in total. The van der Waals surface area contributed by atoms with E-state index in [1.54, 1.807) is 25.3 Å². The van der Waals surface area contributed by atoms with E-state index in [1.165, 1.54) is 6.07 Å². The third-order valence-corrected chi connectivity index (χ3v) is 7.22. The van der Waals surface area contributed by atoms with E-state index in [1.807, 2.05) is 4.90 Å². The summed E-state index contributed by atoms with van der Waals surface area (Å²) >= 11 is 0. The van der Waals surface area contributed by atoms with E-state index >= 15 is 0 Å². The number of benzene rings is 1. The molecule has 4 rings (SSSR count). The standard InChI is InChI=1S/C20H26FNO3/c1-18(25-2)13-16(23)20(18)9-11-22(12-10-20)17(24)19(7-8-19)14-5-3-4-6-15(14)21/h3-6,16,23H,7-13H2,1-2H3/t16-,18+/m1/s1. The van der Waals surface area contributed by atoms with Gasteiger partial charge in [0.1, 0.15) is 5.82 Å². The number of piperidine rings is 1. The zero-order chi connectivity index (χ0) is 17.9. The van der Waals surface area contributed by atoms with E-state index in [4.69, 9.17) is 4.74 Å². The van der Waals surface area contributed by atoms with Crippen LogP contribution in [0.4, 0.5) is 4.39 Å². The van der Waals surface area contributed by atoms with Gasteiger partial charge in [0.2, 0.25) is 5.91 Å². The third kappa shape index (κ3) is 2.21. The van der Waals surface area contributed by atoms with Gasteiger partial charge in [-0.2, -0.15) is 0 Å². The Bertz CT molecular complexity index is 694. The van der Waals surface area contributed by atoms with Gasteiger partial charge < -0.3 is 14.7 Å². The van der Waals surface area contributed by atoms with Crippen molar-refractivity contribution >= 4 is 5.91 Å². The summed E-state index contributed by atoms with van der Waals surface area (Å²) in [5.74, 6) is -0.247. The molecule has 1 N–H and O–H groups in total. The van der Waals surface area contributed by atoms with E-state index < -0.39 is 5.41 Å². The zero-order valence-corrected chi connectivity index (χ0v) is 14.9. The summed E-state index contributed by atoms with van der Waals surface area (Å²) in [6.07, 6.45) is 3.18. The highest BCUT2D eigenvalue weighted by molar-refractivity contribution is 5.91. The topological polar surface area (TPSA) is 49.8 Å². The molecule has 1 heterocycles. The van der Waals surface area contributed by atoms with Crippen LogP contribution in [0.5, 0.6) is 0 Å². The molecule has 1 amide bonds. The first-order valence-electron chi connectivity index (χ1n) is 9.16. The normalized spacial score (nSPS) is 32.3. The minimum atomic E-state index is -0.668. The minimum Gasteiger partial charge on any atom is -0.392 e. The molecule has 25 heavy (non-hydrogen) atoms. The molecule has 2 saturated carbocycles. The summed E-state index contributed by atoms with van der Waals surface area (Å²) in [6, 6.07) is 6.63. The van der Waals surface area contributed by atoms with Gasteiger partial charge in [0, 0.05) is 37.6 Å². The molecule has 0 radical (unpaired) electrons. The van der Waals surface area contributed by atoms with Crippen LogP contribution >= 0.6 is 0 Å². The number of rotatable bonds is 3. The molecule has 1 saturated heterocycles. The number of halogens is 1. The number of hydrogen-bond donors (Lipinski definition) is 1. The Morgan fingerprint density at radius 2 is 1.88 bits per heavy atom. The van der Waals surface area contributed by atoms with Crippen molar-refractivity contribution < 1.29 is 19.0 Å². The lowest BCUT2D eigenvalue weighted by atomic mass is 9.51. The van der Waals surface area contributed by atoms with E-state index in [-0.39, 0.29) is 28.8 Å². The summed E-state index contributed by atoms with van der Waals surface area (Å²) < 4.78 is 19.9. The lowest BCUT2D eigenvalue weighted by molar-refractivity contribution is -0.261. The Morgan fingerprint density at radius 1 is 1.24 bits per heavy atom. The number of nitrogens with zero attached hydrogens (tertiary/aromatic N) is 1. The minimum absolute atomic E-state index is 0.0420. The fourth-order valence-corrected chi connectivity index (χ4v) is 5.12. The van der Waals surface area contributed by atoms with E-state index in [9.17, 15) is 14.3 Å². The molecule has 1 aliphatic heterocycles. The number of aliphatic hydroxyl groups excluding tert-OH is 1. The molecular formula is C20H26FNO3. The van der Waals surface area contributed by atoms with Crippen molar-refractivity contribution in [3.8, 4) is 0 Å². The van der Waals surface area contributed by atoms with Crippen LogP contribution in [0.3, 0.4) is 0 Å². The fraction of sp³-hybridized carbons (Fsp3) is 0.650. The molecule has 1 spiro atoms. The highest BCUT2D eigenvalue weighted by Gasteiger charge is 2.64. The van der Waals surface area contributed by atoms with Crippen molar-refractivity contribution in [3.05, 3.63) is 35.6 Å². The van der Waals surface area contributed by atoms with Crippen molar-refractivity contribution in [2.24, 2.45) is 5.41 Å². The maximum absolute atomic E-state index is 14.2. The molecule has 5 heteroatoms. The maximum Gasteiger partial charge on any atom is 0.233 e. The predicted molar refractivity (Wildman–Crippen MR) is 91.6 cm³/mol. The Labute approximate surface area is 148 Å². The number of amides is 1. The molecule has 2 aliphatic carbocycles. The summed E-state index contributed by atoms with van der Waals surface area (Å²) in [7, 11) is 1.70. The lowest BCUT2D eigenvalue weighted by Gasteiger charge is -2.63. The largest absolute Gasteiger partial charge is 0.392 e. The highest BCUT2D eigenvalue weighted by Crippen LogP contribution is 2.58. The summed E-state index contributed by atoms with van der Waals surface area (Å²) in [6.45, 7) is 3.26. The molecule has 3 aliphatic rings.